The van der Waals surface area contributed by atoms with Crippen molar-refractivity contribution in [2.75, 3.05) is 0 Å². The van der Waals surface area contributed by atoms with E-state index < -0.39 is 5.91 Å². The van der Waals surface area contributed by atoms with Crippen LogP contribution in [0.1, 0.15) is 16.1 Å². The molecule has 1 aromatic heterocycles. The molecule has 1 heterocycles. The highest BCUT2D eigenvalue weighted by molar-refractivity contribution is 6.30. The maximum Gasteiger partial charge on any atom is 0.292 e. The highest BCUT2D eigenvalue weighted by Crippen LogP contribution is 2.19. The van der Waals surface area contributed by atoms with Crippen LogP contribution < -0.4 is 11.0 Å². The van der Waals surface area contributed by atoms with Gasteiger partial charge in [0.2, 0.25) is 0 Å². The van der Waals surface area contributed by atoms with Crippen molar-refractivity contribution < 1.29 is 9.90 Å². The Morgan fingerprint density at radius 1 is 1.25 bits per heavy atom. The van der Waals surface area contributed by atoms with E-state index in [1.165, 1.54) is 24.4 Å². The topological polar surface area (TPSA) is 107 Å². The summed E-state index contributed by atoms with van der Waals surface area (Å²) in [6.45, 7) is 0. The minimum absolute atomic E-state index is 0.0231. The summed E-state index contributed by atoms with van der Waals surface area (Å²) in [6.07, 6.45) is 1.26. The average Bonchev–Trinajstić information content (AvgIpc) is 2.58. The molecule has 24 heavy (non-hydrogen) atoms. The molecular formula is C16H11ClN4O3. The van der Waals surface area contributed by atoms with Gasteiger partial charge in [-0.25, -0.2) is 10.5 Å². The fourth-order valence-corrected chi connectivity index (χ4v) is 2.31. The molecule has 0 unspecified atom stereocenters. The monoisotopic (exact) mass is 342 g/mol. The van der Waals surface area contributed by atoms with Gasteiger partial charge in [0, 0.05) is 16.0 Å². The first-order chi connectivity index (χ1) is 11.6. The van der Waals surface area contributed by atoms with E-state index in [2.05, 4.69) is 20.7 Å². The quantitative estimate of drug-likeness (QED) is 0.500. The predicted molar refractivity (Wildman–Crippen MR) is 90.5 cm³/mol. The summed E-state index contributed by atoms with van der Waals surface area (Å²) in [5, 5.41) is 20.7. The molecule has 0 atom stereocenters. The van der Waals surface area contributed by atoms with E-state index in [0.717, 1.165) is 0 Å². The summed E-state index contributed by atoms with van der Waals surface area (Å²) < 4.78 is 0. The third-order valence-electron chi connectivity index (χ3n) is 3.27. The van der Waals surface area contributed by atoms with Crippen LogP contribution in [-0.2, 0) is 0 Å². The Morgan fingerprint density at radius 3 is 2.79 bits per heavy atom. The van der Waals surface area contributed by atoms with Gasteiger partial charge in [-0.05, 0) is 24.3 Å². The molecule has 0 aliphatic rings. The fraction of sp³-hybridized carbons (Fsp3) is 0. The maximum atomic E-state index is 12.2. The molecule has 3 N–H and O–H groups in total. The third kappa shape index (κ3) is 3.11. The number of halogens is 1. The molecule has 7 nitrogen and oxygen atoms in total. The van der Waals surface area contributed by atoms with Crippen molar-refractivity contribution in [1.82, 2.24) is 15.6 Å². The Bertz CT molecular complexity index is 1010. The SMILES string of the molecule is O=C(N/N=C/c1cc(Cl)ccc1O)c1n[nH]c(=O)c2ccccc12. The van der Waals surface area contributed by atoms with E-state index in [1.54, 1.807) is 24.3 Å². The van der Waals surface area contributed by atoms with Crippen molar-refractivity contribution in [3.05, 3.63) is 69.1 Å². The van der Waals surface area contributed by atoms with Gasteiger partial charge in [0.05, 0.1) is 11.6 Å². The zero-order chi connectivity index (χ0) is 17.1. The average molecular weight is 343 g/mol. The predicted octanol–water partition coefficient (Wildman–Crippen LogP) is 2.05. The first-order valence-electron chi connectivity index (χ1n) is 6.85. The number of nitrogens with zero attached hydrogens (tertiary/aromatic N) is 2. The van der Waals surface area contributed by atoms with Gasteiger partial charge >= 0.3 is 0 Å². The van der Waals surface area contributed by atoms with E-state index in [0.29, 0.717) is 21.4 Å². The van der Waals surface area contributed by atoms with Gasteiger partial charge in [-0.3, -0.25) is 9.59 Å². The lowest BCUT2D eigenvalue weighted by atomic mass is 10.1. The number of H-pyrrole nitrogens is 1. The van der Waals surface area contributed by atoms with Crippen LogP contribution in [0.3, 0.4) is 0 Å². The number of phenols is 1. The number of hydrogen-bond acceptors (Lipinski definition) is 5. The minimum atomic E-state index is -0.597. The molecule has 2 aromatic carbocycles. The van der Waals surface area contributed by atoms with E-state index in [4.69, 9.17) is 11.6 Å². The van der Waals surface area contributed by atoms with E-state index in [-0.39, 0.29) is 17.0 Å². The van der Waals surface area contributed by atoms with E-state index >= 15 is 0 Å². The van der Waals surface area contributed by atoms with Crippen LogP contribution in [0.2, 0.25) is 5.02 Å². The molecule has 3 aromatic rings. The number of nitrogens with one attached hydrogen (secondary N) is 2. The van der Waals surface area contributed by atoms with Gasteiger partial charge in [0.15, 0.2) is 5.69 Å². The van der Waals surface area contributed by atoms with Crippen molar-refractivity contribution in [2.45, 2.75) is 0 Å². The second-order valence-electron chi connectivity index (χ2n) is 4.85. The molecule has 3 rings (SSSR count). The van der Waals surface area contributed by atoms with Gasteiger partial charge in [0.1, 0.15) is 5.75 Å². The third-order valence-corrected chi connectivity index (χ3v) is 3.51. The smallest absolute Gasteiger partial charge is 0.292 e. The molecule has 0 aliphatic carbocycles. The first kappa shape index (κ1) is 15.7. The van der Waals surface area contributed by atoms with Crippen LogP contribution in [0.25, 0.3) is 10.8 Å². The summed E-state index contributed by atoms with van der Waals surface area (Å²) in [7, 11) is 0. The number of carbonyl (C=O) groups is 1. The molecule has 1 amide bonds. The zero-order valence-electron chi connectivity index (χ0n) is 12.2. The molecule has 0 radical (unpaired) electrons. The second-order valence-corrected chi connectivity index (χ2v) is 5.29. The Morgan fingerprint density at radius 2 is 2.00 bits per heavy atom. The largest absolute Gasteiger partial charge is 0.507 e. The number of phenolic OH excluding ortho intramolecular Hbond substituents is 1. The summed E-state index contributed by atoms with van der Waals surface area (Å²) in [5.74, 6) is -0.620. The lowest BCUT2D eigenvalue weighted by molar-refractivity contribution is 0.0951. The summed E-state index contributed by atoms with van der Waals surface area (Å²) >= 11 is 5.83. The number of aromatic nitrogens is 2. The van der Waals surface area contributed by atoms with Gasteiger partial charge in [0.25, 0.3) is 11.5 Å². The van der Waals surface area contributed by atoms with Crippen molar-refractivity contribution in [1.29, 1.82) is 0 Å². The van der Waals surface area contributed by atoms with Crippen molar-refractivity contribution in [3.63, 3.8) is 0 Å². The van der Waals surface area contributed by atoms with Gasteiger partial charge < -0.3 is 5.11 Å². The Kier molecular flexibility index (Phi) is 4.26. The highest BCUT2D eigenvalue weighted by atomic mass is 35.5. The van der Waals surface area contributed by atoms with E-state index in [9.17, 15) is 14.7 Å². The molecule has 0 spiro atoms. The number of amides is 1. The van der Waals surface area contributed by atoms with Gasteiger partial charge in [-0.2, -0.15) is 10.2 Å². The number of benzene rings is 2. The maximum absolute atomic E-state index is 12.2. The molecule has 8 heteroatoms. The van der Waals surface area contributed by atoms with Crippen LogP contribution in [0.15, 0.2) is 52.4 Å². The summed E-state index contributed by atoms with van der Waals surface area (Å²) in [4.78, 5) is 23.9. The van der Waals surface area contributed by atoms with Crippen LogP contribution >= 0.6 is 11.6 Å². The number of rotatable bonds is 3. The van der Waals surface area contributed by atoms with Crippen LogP contribution in [0, 0.1) is 0 Å². The molecule has 0 fully saturated rings. The molecule has 0 aliphatic heterocycles. The zero-order valence-corrected chi connectivity index (χ0v) is 12.9. The Hall–Kier alpha value is -3.19. The first-order valence-corrected chi connectivity index (χ1v) is 7.23. The number of fused-ring (bicyclic) bond motifs is 1. The van der Waals surface area contributed by atoms with E-state index in [1.807, 2.05) is 0 Å². The number of hydrogen-bond donors (Lipinski definition) is 3. The molecule has 0 saturated heterocycles. The van der Waals surface area contributed by atoms with Crippen LogP contribution in [0.4, 0.5) is 0 Å². The number of aromatic hydroxyl groups is 1. The van der Waals surface area contributed by atoms with Crippen molar-refractivity contribution in [2.24, 2.45) is 5.10 Å². The molecule has 120 valence electrons. The molecular weight excluding hydrogens is 332 g/mol. The normalized spacial score (nSPS) is 11.0. The molecule has 0 saturated carbocycles. The number of aromatic amines is 1. The number of carbonyl (C=O) groups excluding carboxylic acids is 1. The van der Waals surface area contributed by atoms with Crippen molar-refractivity contribution >= 4 is 34.5 Å². The minimum Gasteiger partial charge on any atom is -0.507 e. The second kappa shape index (κ2) is 6.51. The fourth-order valence-electron chi connectivity index (χ4n) is 2.13. The summed E-state index contributed by atoms with van der Waals surface area (Å²) in [6, 6.07) is 11.1. The Labute approximate surface area is 140 Å². The van der Waals surface area contributed by atoms with Crippen LogP contribution in [-0.4, -0.2) is 27.4 Å². The highest BCUT2D eigenvalue weighted by Gasteiger charge is 2.13. The lowest BCUT2D eigenvalue weighted by Gasteiger charge is -2.03. The molecule has 0 bridgehead atoms. The number of hydrazone groups is 1. The van der Waals surface area contributed by atoms with Gasteiger partial charge in [-0.1, -0.05) is 29.8 Å². The Balaban J connectivity index is 1.86. The van der Waals surface area contributed by atoms with Crippen molar-refractivity contribution in [3.8, 4) is 5.75 Å². The standard InChI is InChI=1S/C16H11ClN4O3/c17-10-5-6-13(22)9(7-10)8-18-20-16(24)14-11-3-1-2-4-12(11)15(23)21-19-14/h1-8,22H,(H,20,24)(H,21,23)/b18-8+. The summed E-state index contributed by atoms with van der Waals surface area (Å²) in [5.41, 5.74) is 2.31. The lowest BCUT2D eigenvalue weighted by Crippen LogP contribution is -2.22. The van der Waals surface area contributed by atoms with Gasteiger partial charge in [-0.15, -0.1) is 0 Å². The van der Waals surface area contributed by atoms with Crippen LogP contribution in [0.5, 0.6) is 5.75 Å².